The Morgan fingerprint density at radius 2 is 2.12 bits per heavy atom. The van der Waals surface area contributed by atoms with E-state index in [0.29, 0.717) is 0 Å². The molecule has 0 saturated heterocycles. The first-order valence-corrected chi connectivity index (χ1v) is 5.31. The number of nitrogens with zero attached hydrogens (tertiary/aromatic N) is 2. The average molecular weight is 259 g/mol. The van der Waals surface area contributed by atoms with Crippen molar-refractivity contribution < 1.29 is 18.7 Å². The molecule has 0 unspecified atom stereocenters. The minimum atomic E-state index is -2.76. The van der Waals surface area contributed by atoms with Crippen LogP contribution in [0.25, 0.3) is 10.2 Å². The van der Waals surface area contributed by atoms with Gasteiger partial charge in [0, 0.05) is 5.39 Å². The molecule has 0 aromatic carbocycles. The maximum atomic E-state index is 12.6. The van der Waals surface area contributed by atoms with Crippen LogP contribution in [-0.4, -0.2) is 21.3 Å². The molecule has 0 atom stereocenters. The molecule has 0 saturated carbocycles. The summed E-state index contributed by atoms with van der Waals surface area (Å²) in [5.74, 6) is -1.21. The molecule has 3 N–H and O–H groups in total. The average Bonchev–Trinajstić information content (AvgIpc) is 2.56. The van der Waals surface area contributed by atoms with E-state index in [9.17, 15) is 13.6 Å². The normalized spacial score (nSPS) is 11.3. The minimum absolute atomic E-state index is 0.0354. The van der Waals surface area contributed by atoms with Gasteiger partial charge in [-0.25, -0.2) is 13.6 Å². The number of aromatic carboxylic acids is 1. The third-order valence-electron chi connectivity index (χ3n) is 2.34. The highest BCUT2D eigenvalue weighted by Gasteiger charge is 2.22. The summed E-state index contributed by atoms with van der Waals surface area (Å²) in [5.41, 5.74) is 5.29. The maximum absolute atomic E-state index is 12.6. The highest BCUT2D eigenvalue weighted by molar-refractivity contribution is 7.21. The largest absolute Gasteiger partial charge is 0.477 e. The maximum Gasteiger partial charge on any atom is 0.348 e. The predicted octanol–water partition coefficient (Wildman–Crippen LogP) is 2.22. The van der Waals surface area contributed by atoms with Gasteiger partial charge in [-0.2, -0.15) is 0 Å². The van der Waals surface area contributed by atoms with Crippen molar-refractivity contribution in [3.8, 4) is 0 Å². The second-order valence-corrected chi connectivity index (χ2v) is 4.34. The third kappa shape index (κ3) is 1.70. The topological polar surface area (TPSA) is 89.1 Å². The molecule has 17 heavy (non-hydrogen) atoms. The molecule has 2 rings (SSSR count). The van der Waals surface area contributed by atoms with Crippen LogP contribution >= 0.6 is 11.3 Å². The van der Waals surface area contributed by atoms with Crippen molar-refractivity contribution in [2.45, 2.75) is 13.3 Å². The lowest BCUT2D eigenvalue weighted by atomic mass is 10.1. The van der Waals surface area contributed by atoms with Gasteiger partial charge in [0.2, 0.25) is 0 Å². The molecular formula is C9H7F2N3O2S. The zero-order valence-corrected chi connectivity index (χ0v) is 9.39. The third-order valence-corrected chi connectivity index (χ3v) is 3.41. The molecule has 0 aliphatic rings. The SMILES string of the molecule is Cc1c(C(F)F)nnc2sc(C(=O)O)c(N)c12. The summed E-state index contributed by atoms with van der Waals surface area (Å²) in [5, 5.41) is 16.1. The van der Waals surface area contributed by atoms with Crippen molar-refractivity contribution >= 4 is 33.2 Å². The van der Waals surface area contributed by atoms with Gasteiger partial charge in [-0.05, 0) is 12.5 Å². The molecule has 0 spiro atoms. The van der Waals surface area contributed by atoms with Gasteiger partial charge in [-0.15, -0.1) is 21.5 Å². The van der Waals surface area contributed by atoms with E-state index in [1.54, 1.807) is 0 Å². The second-order valence-electron chi connectivity index (χ2n) is 3.34. The lowest BCUT2D eigenvalue weighted by Crippen LogP contribution is -2.00. The number of hydrogen-bond donors (Lipinski definition) is 2. The quantitative estimate of drug-likeness (QED) is 0.863. The van der Waals surface area contributed by atoms with Crippen molar-refractivity contribution in [2.75, 3.05) is 5.73 Å². The van der Waals surface area contributed by atoms with Crippen LogP contribution in [0.2, 0.25) is 0 Å². The number of halogens is 2. The number of nitrogens with two attached hydrogens (primary N) is 1. The zero-order chi connectivity index (χ0) is 12.7. The Balaban J connectivity index is 2.81. The number of carboxylic acid groups (broad SMARTS) is 1. The number of carbonyl (C=O) groups is 1. The molecule has 0 aliphatic heterocycles. The Morgan fingerprint density at radius 3 is 2.65 bits per heavy atom. The minimum Gasteiger partial charge on any atom is -0.477 e. The summed E-state index contributed by atoms with van der Waals surface area (Å²) in [7, 11) is 0. The number of anilines is 1. The summed E-state index contributed by atoms with van der Waals surface area (Å²) in [4.78, 5) is 11.0. The van der Waals surface area contributed by atoms with Crippen molar-refractivity contribution in [3.05, 3.63) is 16.1 Å². The molecule has 0 radical (unpaired) electrons. The summed E-state index contributed by atoms with van der Waals surface area (Å²) < 4.78 is 25.2. The second kappa shape index (κ2) is 3.88. The fourth-order valence-electron chi connectivity index (χ4n) is 1.53. The molecule has 0 fully saturated rings. The monoisotopic (exact) mass is 259 g/mol. The van der Waals surface area contributed by atoms with Gasteiger partial charge in [0.05, 0.1) is 5.69 Å². The molecular weight excluding hydrogens is 252 g/mol. The van der Waals surface area contributed by atoms with Gasteiger partial charge >= 0.3 is 5.97 Å². The number of rotatable bonds is 2. The highest BCUT2D eigenvalue weighted by atomic mass is 32.1. The fourth-order valence-corrected chi connectivity index (χ4v) is 2.47. The van der Waals surface area contributed by atoms with Gasteiger partial charge in [0.1, 0.15) is 15.4 Å². The first kappa shape index (κ1) is 11.6. The molecule has 90 valence electrons. The first-order valence-electron chi connectivity index (χ1n) is 4.50. The van der Waals surface area contributed by atoms with E-state index in [2.05, 4.69) is 10.2 Å². The van der Waals surface area contributed by atoms with Crippen LogP contribution in [0.15, 0.2) is 0 Å². The number of alkyl halides is 2. The zero-order valence-electron chi connectivity index (χ0n) is 8.57. The Bertz CT molecular complexity index is 612. The van der Waals surface area contributed by atoms with E-state index < -0.39 is 18.1 Å². The van der Waals surface area contributed by atoms with Crippen molar-refractivity contribution in [3.63, 3.8) is 0 Å². The summed E-state index contributed by atoms with van der Waals surface area (Å²) in [6.45, 7) is 1.42. The number of fused-ring (bicyclic) bond motifs is 1. The van der Waals surface area contributed by atoms with E-state index in [1.165, 1.54) is 6.92 Å². The smallest absolute Gasteiger partial charge is 0.348 e. The number of thiophene rings is 1. The van der Waals surface area contributed by atoms with Crippen LogP contribution in [0.3, 0.4) is 0 Å². The number of aromatic nitrogens is 2. The Kier molecular flexibility index (Phi) is 2.66. The van der Waals surface area contributed by atoms with E-state index in [4.69, 9.17) is 10.8 Å². The fraction of sp³-hybridized carbons (Fsp3) is 0.222. The lowest BCUT2D eigenvalue weighted by molar-refractivity contribution is 0.0703. The number of aryl methyl sites for hydroxylation is 1. The van der Waals surface area contributed by atoms with Crippen LogP contribution < -0.4 is 5.73 Å². The van der Waals surface area contributed by atoms with Gasteiger partial charge in [0.15, 0.2) is 0 Å². The molecule has 2 aromatic heterocycles. The molecule has 8 heteroatoms. The highest BCUT2D eigenvalue weighted by Crippen LogP contribution is 2.36. The van der Waals surface area contributed by atoms with Crippen LogP contribution in [-0.2, 0) is 0 Å². The van der Waals surface area contributed by atoms with E-state index in [0.717, 1.165) is 11.3 Å². The van der Waals surface area contributed by atoms with E-state index in [-0.39, 0.29) is 26.3 Å². The predicted molar refractivity (Wildman–Crippen MR) is 58.5 cm³/mol. The Morgan fingerprint density at radius 1 is 1.47 bits per heavy atom. The van der Waals surface area contributed by atoms with Crippen LogP contribution in [0.5, 0.6) is 0 Å². The molecule has 2 aromatic rings. The van der Waals surface area contributed by atoms with Crippen LogP contribution in [0.4, 0.5) is 14.5 Å². The molecule has 2 heterocycles. The van der Waals surface area contributed by atoms with Crippen molar-refractivity contribution in [1.82, 2.24) is 10.2 Å². The molecule has 0 aliphatic carbocycles. The Labute approximate surface area is 97.9 Å². The van der Waals surface area contributed by atoms with Gasteiger partial charge in [0.25, 0.3) is 6.43 Å². The Hall–Kier alpha value is -1.83. The van der Waals surface area contributed by atoms with E-state index >= 15 is 0 Å². The lowest BCUT2D eigenvalue weighted by Gasteiger charge is -2.03. The number of hydrogen-bond acceptors (Lipinski definition) is 5. The molecule has 0 bridgehead atoms. The molecule has 0 amide bonds. The van der Waals surface area contributed by atoms with Crippen molar-refractivity contribution in [1.29, 1.82) is 0 Å². The van der Waals surface area contributed by atoms with Crippen LogP contribution in [0.1, 0.15) is 27.4 Å². The van der Waals surface area contributed by atoms with Crippen LogP contribution in [0, 0.1) is 6.92 Å². The summed E-state index contributed by atoms with van der Waals surface area (Å²) in [6, 6.07) is 0. The van der Waals surface area contributed by atoms with Gasteiger partial charge < -0.3 is 10.8 Å². The number of carboxylic acids is 1. The standard InChI is InChI=1S/C9H7F2N3O2S/c1-2-3-4(12)6(9(15)16)17-8(3)14-13-5(2)7(10)11/h7H,12H2,1H3,(H,15,16). The van der Waals surface area contributed by atoms with E-state index in [1.807, 2.05) is 0 Å². The summed E-state index contributed by atoms with van der Waals surface area (Å²) >= 11 is 0.824. The van der Waals surface area contributed by atoms with Gasteiger partial charge in [-0.1, -0.05) is 0 Å². The number of nitrogen functional groups attached to an aromatic ring is 1. The van der Waals surface area contributed by atoms with Gasteiger partial charge in [-0.3, -0.25) is 0 Å². The van der Waals surface area contributed by atoms with Crippen molar-refractivity contribution in [2.24, 2.45) is 0 Å². The first-order chi connectivity index (χ1) is 7.93. The molecule has 5 nitrogen and oxygen atoms in total. The summed E-state index contributed by atoms with van der Waals surface area (Å²) in [6.07, 6.45) is -2.76.